The second-order valence-corrected chi connectivity index (χ2v) is 3.68. The van der Waals surface area contributed by atoms with Crippen LogP contribution < -0.4 is 5.73 Å². The molecule has 2 N–H and O–H groups in total. The van der Waals surface area contributed by atoms with Gasteiger partial charge in [0.05, 0.1) is 5.69 Å². The molecule has 0 fully saturated rings. The van der Waals surface area contributed by atoms with Gasteiger partial charge in [-0.05, 0) is 20.4 Å². The molecule has 0 aliphatic carbocycles. The van der Waals surface area contributed by atoms with E-state index in [1.165, 1.54) is 11.4 Å². The molecule has 0 unspecified atom stereocenters. The first-order chi connectivity index (χ1) is 6.65. The van der Waals surface area contributed by atoms with E-state index in [0.29, 0.717) is 6.54 Å². The van der Waals surface area contributed by atoms with Crippen molar-refractivity contribution in [3.8, 4) is 0 Å². The first-order valence-corrected chi connectivity index (χ1v) is 4.85. The number of nitrogens with two attached hydrogens (primary N) is 1. The predicted octanol–water partition coefficient (Wildman–Crippen LogP) is 0.791. The van der Waals surface area contributed by atoms with Crippen molar-refractivity contribution in [1.82, 2.24) is 14.0 Å². The van der Waals surface area contributed by atoms with Crippen molar-refractivity contribution in [1.29, 1.82) is 0 Å². The van der Waals surface area contributed by atoms with Crippen LogP contribution in [-0.4, -0.2) is 20.5 Å². The summed E-state index contributed by atoms with van der Waals surface area (Å²) in [5, 5.41) is 0. The number of fused-ring (bicyclic) bond motifs is 1. The number of imidazole rings is 2. The molecule has 4 heteroatoms. The highest BCUT2D eigenvalue weighted by Crippen LogP contribution is 2.15. The molecule has 0 aliphatic heterocycles. The standard InChI is InChI=1S/C10H16N4/c1-7-6-14-8(2)9(4-5-11)13(3)10(14)12-7/h6H,4-5,11H2,1-3H3. The summed E-state index contributed by atoms with van der Waals surface area (Å²) in [7, 11) is 2.04. The number of hydrogen-bond donors (Lipinski definition) is 1. The average Bonchev–Trinajstić information content (AvgIpc) is 2.61. The molecule has 2 aromatic rings. The molecule has 2 rings (SSSR count). The zero-order valence-electron chi connectivity index (χ0n) is 8.91. The monoisotopic (exact) mass is 192 g/mol. The van der Waals surface area contributed by atoms with E-state index in [9.17, 15) is 0 Å². The van der Waals surface area contributed by atoms with Crippen molar-refractivity contribution >= 4 is 5.78 Å². The third-order valence-electron chi connectivity index (χ3n) is 2.67. The Morgan fingerprint density at radius 2 is 2.14 bits per heavy atom. The van der Waals surface area contributed by atoms with Gasteiger partial charge < -0.3 is 10.3 Å². The zero-order chi connectivity index (χ0) is 10.3. The average molecular weight is 192 g/mol. The molecule has 0 atom stereocenters. The lowest BCUT2D eigenvalue weighted by Crippen LogP contribution is -2.08. The predicted molar refractivity (Wildman–Crippen MR) is 56.4 cm³/mol. The van der Waals surface area contributed by atoms with E-state index >= 15 is 0 Å². The first kappa shape index (κ1) is 9.27. The first-order valence-electron chi connectivity index (χ1n) is 4.85. The fourth-order valence-corrected chi connectivity index (χ4v) is 1.96. The van der Waals surface area contributed by atoms with E-state index in [4.69, 9.17) is 5.73 Å². The maximum Gasteiger partial charge on any atom is 0.214 e. The molecule has 0 amide bonds. The van der Waals surface area contributed by atoms with E-state index in [2.05, 4.69) is 27.1 Å². The molecule has 0 aliphatic rings. The van der Waals surface area contributed by atoms with Crippen LogP contribution in [0.15, 0.2) is 6.20 Å². The van der Waals surface area contributed by atoms with Crippen LogP contribution in [-0.2, 0) is 13.5 Å². The minimum absolute atomic E-state index is 0.681. The summed E-state index contributed by atoms with van der Waals surface area (Å²) in [5.41, 5.74) is 9.15. The maximum atomic E-state index is 5.58. The Bertz CT molecular complexity index is 426. The lowest BCUT2D eigenvalue weighted by molar-refractivity contribution is 0.811. The molecule has 0 bridgehead atoms. The highest BCUT2D eigenvalue weighted by Gasteiger charge is 2.12. The van der Waals surface area contributed by atoms with Crippen LogP contribution in [0.3, 0.4) is 0 Å². The molecular weight excluding hydrogens is 176 g/mol. The molecular formula is C10H16N4. The van der Waals surface area contributed by atoms with Crippen LogP contribution in [0.25, 0.3) is 5.78 Å². The van der Waals surface area contributed by atoms with E-state index in [1.54, 1.807) is 0 Å². The van der Waals surface area contributed by atoms with Crippen LogP contribution >= 0.6 is 0 Å². The van der Waals surface area contributed by atoms with Gasteiger partial charge in [0, 0.05) is 31.1 Å². The second-order valence-electron chi connectivity index (χ2n) is 3.68. The molecule has 76 valence electrons. The van der Waals surface area contributed by atoms with Gasteiger partial charge >= 0.3 is 0 Å². The molecule has 0 radical (unpaired) electrons. The summed E-state index contributed by atoms with van der Waals surface area (Å²) in [6.07, 6.45) is 2.97. The Morgan fingerprint density at radius 3 is 2.71 bits per heavy atom. The quantitative estimate of drug-likeness (QED) is 0.764. The Balaban J connectivity index is 2.68. The normalized spacial score (nSPS) is 11.4. The van der Waals surface area contributed by atoms with E-state index in [1.807, 2.05) is 14.0 Å². The molecule has 14 heavy (non-hydrogen) atoms. The van der Waals surface area contributed by atoms with Gasteiger partial charge in [0.2, 0.25) is 5.78 Å². The van der Waals surface area contributed by atoms with E-state index in [-0.39, 0.29) is 0 Å². The second kappa shape index (κ2) is 3.13. The van der Waals surface area contributed by atoms with Crippen molar-refractivity contribution in [3.05, 3.63) is 23.3 Å². The van der Waals surface area contributed by atoms with Gasteiger partial charge in [0.1, 0.15) is 0 Å². The Hall–Kier alpha value is -1.29. The van der Waals surface area contributed by atoms with Gasteiger partial charge in [-0.25, -0.2) is 4.98 Å². The summed E-state index contributed by atoms with van der Waals surface area (Å²) in [6, 6.07) is 0. The Kier molecular flexibility index (Phi) is 2.07. The number of rotatable bonds is 2. The van der Waals surface area contributed by atoms with Gasteiger partial charge in [0.15, 0.2) is 0 Å². The lowest BCUT2D eigenvalue weighted by Gasteiger charge is -2.01. The highest BCUT2D eigenvalue weighted by molar-refractivity contribution is 5.40. The van der Waals surface area contributed by atoms with E-state index in [0.717, 1.165) is 17.9 Å². The van der Waals surface area contributed by atoms with Crippen LogP contribution in [0.4, 0.5) is 0 Å². The minimum atomic E-state index is 0.681. The van der Waals surface area contributed by atoms with Gasteiger partial charge in [-0.1, -0.05) is 0 Å². The van der Waals surface area contributed by atoms with Gasteiger partial charge in [-0.3, -0.25) is 4.40 Å². The largest absolute Gasteiger partial charge is 0.330 e. The van der Waals surface area contributed by atoms with Crippen LogP contribution in [0, 0.1) is 13.8 Å². The summed E-state index contributed by atoms with van der Waals surface area (Å²) in [6.45, 7) is 4.80. The summed E-state index contributed by atoms with van der Waals surface area (Å²) in [4.78, 5) is 4.46. The highest BCUT2D eigenvalue weighted by atomic mass is 15.2. The van der Waals surface area contributed by atoms with Gasteiger partial charge in [-0.15, -0.1) is 0 Å². The third kappa shape index (κ3) is 1.14. The minimum Gasteiger partial charge on any atom is -0.330 e. The van der Waals surface area contributed by atoms with Crippen LogP contribution in [0.1, 0.15) is 17.1 Å². The SMILES string of the molecule is Cc1cn2c(C)c(CCN)n(C)c2n1. The zero-order valence-corrected chi connectivity index (χ0v) is 8.91. The molecule has 0 aromatic carbocycles. The summed E-state index contributed by atoms with van der Waals surface area (Å²) in [5.74, 6) is 1.00. The van der Waals surface area contributed by atoms with Crippen molar-refractivity contribution in [2.75, 3.05) is 6.54 Å². The third-order valence-corrected chi connectivity index (χ3v) is 2.67. The summed E-state index contributed by atoms with van der Waals surface area (Å²) >= 11 is 0. The number of aryl methyl sites for hydroxylation is 3. The molecule has 2 heterocycles. The molecule has 0 saturated carbocycles. The van der Waals surface area contributed by atoms with Crippen molar-refractivity contribution in [2.45, 2.75) is 20.3 Å². The topological polar surface area (TPSA) is 48.2 Å². The number of nitrogens with zero attached hydrogens (tertiary/aromatic N) is 3. The Labute approximate surface area is 83.4 Å². The van der Waals surface area contributed by atoms with E-state index < -0.39 is 0 Å². The van der Waals surface area contributed by atoms with Crippen molar-refractivity contribution in [3.63, 3.8) is 0 Å². The molecule has 0 saturated heterocycles. The van der Waals surface area contributed by atoms with Crippen molar-refractivity contribution < 1.29 is 0 Å². The number of aromatic nitrogens is 3. The maximum absolute atomic E-state index is 5.58. The molecule has 2 aromatic heterocycles. The Morgan fingerprint density at radius 1 is 1.43 bits per heavy atom. The van der Waals surface area contributed by atoms with Gasteiger partial charge in [-0.2, -0.15) is 0 Å². The smallest absolute Gasteiger partial charge is 0.214 e. The fraction of sp³-hybridized carbons (Fsp3) is 0.500. The van der Waals surface area contributed by atoms with Gasteiger partial charge in [0.25, 0.3) is 0 Å². The number of hydrogen-bond acceptors (Lipinski definition) is 2. The molecule has 4 nitrogen and oxygen atoms in total. The summed E-state index contributed by atoms with van der Waals surface area (Å²) < 4.78 is 4.25. The van der Waals surface area contributed by atoms with Crippen molar-refractivity contribution in [2.24, 2.45) is 12.8 Å². The van der Waals surface area contributed by atoms with Crippen LogP contribution in [0.2, 0.25) is 0 Å². The lowest BCUT2D eigenvalue weighted by atomic mass is 10.2. The fourth-order valence-electron chi connectivity index (χ4n) is 1.96. The molecule has 0 spiro atoms. The van der Waals surface area contributed by atoms with Crippen LogP contribution in [0.5, 0.6) is 0 Å².